The zero-order chi connectivity index (χ0) is 15.4. The van der Waals surface area contributed by atoms with E-state index in [0.29, 0.717) is 0 Å². The number of hydrogen-bond donors (Lipinski definition) is 1. The van der Waals surface area contributed by atoms with Gasteiger partial charge in [-0.3, -0.25) is 0 Å². The maximum Gasteiger partial charge on any atom is 0.0441 e. The minimum atomic E-state index is 0.270. The number of benzene rings is 2. The van der Waals surface area contributed by atoms with E-state index in [9.17, 15) is 0 Å². The molecule has 1 nitrogen and oxygen atoms in total. The van der Waals surface area contributed by atoms with Gasteiger partial charge in [0.2, 0.25) is 0 Å². The van der Waals surface area contributed by atoms with E-state index in [1.165, 1.54) is 22.3 Å². The van der Waals surface area contributed by atoms with Gasteiger partial charge in [-0.15, -0.1) is 0 Å². The number of halogens is 2. The second kappa shape index (κ2) is 7.44. The molecule has 0 saturated heterocycles. The molecule has 0 aliphatic carbocycles. The molecule has 21 heavy (non-hydrogen) atoms. The molecule has 112 valence electrons. The first-order valence-corrected chi connectivity index (χ1v) is 8.42. The molecule has 1 atom stereocenters. The normalized spacial score (nSPS) is 12.4. The Morgan fingerprint density at radius 1 is 1.14 bits per heavy atom. The van der Waals surface area contributed by atoms with Crippen LogP contribution in [-0.4, -0.2) is 6.54 Å². The zero-order valence-corrected chi connectivity index (χ0v) is 15.1. The van der Waals surface area contributed by atoms with Crippen LogP contribution in [0.2, 0.25) is 5.02 Å². The molecule has 2 rings (SSSR count). The molecule has 0 bridgehead atoms. The molecule has 0 saturated carbocycles. The van der Waals surface area contributed by atoms with Crippen LogP contribution in [0.25, 0.3) is 0 Å². The summed E-state index contributed by atoms with van der Waals surface area (Å²) in [4.78, 5) is 0. The molecule has 0 heterocycles. The summed E-state index contributed by atoms with van der Waals surface area (Å²) in [6.45, 7) is 7.23. The summed E-state index contributed by atoms with van der Waals surface area (Å²) in [6, 6.07) is 13.1. The van der Waals surface area contributed by atoms with Crippen molar-refractivity contribution >= 4 is 27.5 Å². The molecule has 0 aromatic heterocycles. The van der Waals surface area contributed by atoms with Crippen LogP contribution in [0, 0.1) is 13.8 Å². The molecule has 3 heteroatoms. The van der Waals surface area contributed by atoms with E-state index in [0.717, 1.165) is 22.5 Å². The van der Waals surface area contributed by atoms with Crippen LogP contribution in [-0.2, 0) is 6.42 Å². The molecule has 0 aliphatic rings. The van der Waals surface area contributed by atoms with Crippen molar-refractivity contribution in [2.45, 2.75) is 33.2 Å². The molecular weight excluding hydrogens is 346 g/mol. The van der Waals surface area contributed by atoms with Gasteiger partial charge in [-0.05, 0) is 61.2 Å². The second-order valence-electron chi connectivity index (χ2n) is 5.42. The van der Waals surface area contributed by atoms with Crippen molar-refractivity contribution in [1.82, 2.24) is 5.32 Å². The van der Waals surface area contributed by atoms with Gasteiger partial charge < -0.3 is 5.32 Å². The van der Waals surface area contributed by atoms with Gasteiger partial charge in [0, 0.05) is 15.5 Å². The van der Waals surface area contributed by atoms with Crippen molar-refractivity contribution in [3.05, 3.63) is 68.1 Å². The lowest BCUT2D eigenvalue weighted by Crippen LogP contribution is -2.23. The Morgan fingerprint density at radius 2 is 1.90 bits per heavy atom. The average molecular weight is 367 g/mol. The Bertz CT molecular complexity index is 625. The summed E-state index contributed by atoms with van der Waals surface area (Å²) in [5.74, 6) is 0. The van der Waals surface area contributed by atoms with Gasteiger partial charge in [-0.1, -0.05) is 58.7 Å². The summed E-state index contributed by atoms with van der Waals surface area (Å²) in [5, 5.41) is 4.41. The number of hydrogen-bond acceptors (Lipinski definition) is 1. The highest BCUT2D eigenvalue weighted by Gasteiger charge is 2.14. The topological polar surface area (TPSA) is 12.0 Å². The van der Waals surface area contributed by atoms with E-state index in [1.807, 2.05) is 6.07 Å². The first-order valence-electron chi connectivity index (χ1n) is 7.25. The molecule has 1 unspecified atom stereocenters. The Kier molecular flexibility index (Phi) is 5.86. The molecule has 0 amide bonds. The van der Waals surface area contributed by atoms with E-state index < -0.39 is 0 Å². The fourth-order valence-corrected chi connectivity index (χ4v) is 3.13. The summed E-state index contributed by atoms with van der Waals surface area (Å²) in [7, 11) is 0. The highest BCUT2D eigenvalue weighted by molar-refractivity contribution is 9.10. The van der Waals surface area contributed by atoms with Gasteiger partial charge in [-0.2, -0.15) is 0 Å². The molecular formula is C18H21BrClN. The van der Waals surface area contributed by atoms with Crippen molar-refractivity contribution in [3.63, 3.8) is 0 Å². The van der Waals surface area contributed by atoms with Crippen LogP contribution in [0.4, 0.5) is 0 Å². The van der Waals surface area contributed by atoms with Gasteiger partial charge in [0.15, 0.2) is 0 Å². The number of nitrogens with one attached hydrogen (secondary N) is 1. The third kappa shape index (κ3) is 4.32. The lowest BCUT2D eigenvalue weighted by Gasteiger charge is -2.20. The van der Waals surface area contributed by atoms with E-state index in [2.05, 4.69) is 72.3 Å². The SMILES string of the molecule is CCNC(Cc1ccc(C)cc1Cl)c1ccc(C)c(Br)c1. The van der Waals surface area contributed by atoms with Crippen molar-refractivity contribution in [3.8, 4) is 0 Å². The third-order valence-electron chi connectivity index (χ3n) is 3.68. The minimum Gasteiger partial charge on any atom is -0.310 e. The third-order valence-corrected chi connectivity index (χ3v) is 4.89. The minimum absolute atomic E-state index is 0.270. The van der Waals surface area contributed by atoms with Gasteiger partial charge in [0.1, 0.15) is 0 Å². The Labute approximate surface area is 140 Å². The van der Waals surface area contributed by atoms with Crippen LogP contribution in [0.1, 0.15) is 35.2 Å². The fourth-order valence-electron chi connectivity index (χ4n) is 2.42. The van der Waals surface area contributed by atoms with Crippen LogP contribution in [0.3, 0.4) is 0 Å². The summed E-state index contributed by atoms with van der Waals surface area (Å²) in [6.07, 6.45) is 0.891. The lowest BCUT2D eigenvalue weighted by atomic mass is 9.97. The van der Waals surface area contributed by atoms with Crippen LogP contribution < -0.4 is 5.32 Å². The first-order chi connectivity index (χ1) is 10.0. The first kappa shape index (κ1) is 16.5. The predicted octanol–water partition coefficient (Wildman–Crippen LogP) is 5.61. The smallest absolute Gasteiger partial charge is 0.0441 e. The van der Waals surface area contributed by atoms with Gasteiger partial charge in [0.25, 0.3) is 0 Å². The fraction of sp³-hybridized carbons (Fsp3) is 0.333. The molecule has 0 aliphatic heterocycles. The van der Waals surface area contributed by atoms with Crippen molar-refractivity contribution < 1.29 is 0 Å². The molecule has 0 fully saturated rings. The van der Waals surface area contributed by atoms with E-state index in [4.69, 9.17) is 11.6 Å². The lowest BCUT2D eigenvalue weighted by molar-refractivity contribution is 0.549. The average Bonchev–Trinajstić information content (AvgIpc) is 2.44. The summed E-state index contributed by atoms with van der Waals surface area (Å²) >= 11 is 10.0. The maximum absolute atomic E-state index is 6.38. The Balaban J connectivity index is 2.28. The van der Waals surface area contributed by atoms with Gasteiger partial charge in [0.05, 0.1) is 0 Å². The van der Waals surface area contributed by atoms with Crippen molar-refractivity contribution in [2.75, 3.05) is 6.54 Å². The highest BCUT2D eigenvalue weighted by atomic mass is 79.9. The standard InChI is InChI=1S/C18H21BrClN/c1-4-21-18(15-8-6-13(3)16(19)10-15)11-14-7-5-12(2)9-17(14)20/h5-10,18,21H,4,11H2,1-3H3. The molecule has 2 aromatic rings. The van der Waals surface area contributed by atoms with Crippen LogP contribution >= 0.6 is 27.5 Å². The maximum atomic E-state index is 6.38. The summed E-state index contributed by atoms with van der Waals surface area (Å²) in [5.41, 5.74) is 4.92. The molecule has 0 radical (unpaired) electrons. The van der Waals surface area contributed by atoms with Crippen molar-refractivity contribution in [1.29, 1.82) is 0 Å². The largest absolute Gasteiger partial charge is 0.310 e. The molecule has 0 spiro atoms. The van der Waals surface area contributed by atoms with Crippen molar-refractivity contribution in [2.24, 2.45) is 0 Å². The zero-order valence-electron chi connectivity index (χ0n) is 12.7. The van der Waals surface area contributed by atoms with E-state index in [-0.39, 0.29) is 6.04 Å². The van der Waals surface area contributed by atoms with E-state index >= 15 is 0 Å². The highest BCUT2D eigenvalue weighted by Crippen LogP contribution is 2.27. The summed E-state index contributed by atoms with van der Waals surface area (Å²) < 4.78 is 1.15. The molecule has 2 aromatic carbocycles. The Morgan fingerprint density at radius 3 is 2.52 bits per heavy atom. The number of likely N-dealkylation sites (N-methyl/N-ethyl adjacent to an activating group) is 1. The monoisotopic (exact) mass is 365 g/mol. The Hall–Kier alpha value is -0.830. The molecule has 1 N–H and O–H groups in total. The van der Waals surface area contributed by atoms with E-state index in [1.54, 1.807) is 0 Å². The number of aryl methyl sites for hydroxylation is 2. The predicted molar refractivity (Wildman–Crippen MR) is 95.2 cm³/mol. The van der Waals surface area contributed by atoms with Gasteiger partial charge in [-0.25, -0.2) is 0 Å². The van der Waals surface area contributed by atoms with Crippen LogP contribution in [0.5, 0.6) is 0 Å². The van der Waals surface area contributed by atoms with Crippen LogP contribution in [0.15, 0.2) is 40.9 Å². The second-order valence-corrected chi connectivity index (χ2v) is 6.68. The van der Waals surface area contributed by atoms with Gasteiger partial charge >= 0.3 is 0 Å². The number of rotatable bonds is 5. The quantitative estimate of drug-likeness (QED) is 0.725.